The van der Waals surface area contributed by atoms with Gasteiger partial charge in [-0.25, -0.2) is 9.89 Å². The Hall–Kier alpha value is -2.29. The molecule has 1 aliphatic heterocycles. The molecule has 0 radical (unpaired) electrons. The van der Waals surface area contributed by atoms with Crippen LogP contribution in [0.5, 0.6) is 0 Å². The van der Waals surface area contributed by atoms with Gasteiger partial charge in [0, 0.05) is 17.3 Å². The lowest BCUT2D eigenvalue weighted by atomic mass is 9.82. The van der Waals surface area contributed by atoms with Crippen molar-refractivity contribution in [3.05, 3.63) is 34.3 Å². The molecule has 0 amide bonds. The first-order valence-corrected chi connectivity index (χ1v) is 8.50. The molecule has 9 heteroatoms. The number of halogens is 3. The van der Waals surface area contributed by atoms with Gasteiger partial charge in [-0.2, -0.15) is 13.2 Å². The Morgan fingerprint density at radius 3 is 2.77 bits per heavy atom. The molecule has 2 aromatic rings. The van der Waals surface area contributed by atoms with Crippen LogP contribution in [-0.4, -0.2) is 29.3 Å². The molecule has 3 atom stereocenters. The van der Waals surface area contributed by atoms with Gasteiger partial charge < -0.3 is 15.1 Å². The number of hydrogen-bond donors (Lipinski definition) is 3. The zero-order valence-corrected chi connectivity index (χ0v) is 14.5. The number of alkyl halides is 3. The van der Waals surface area contributed by atoms with E-state index in [-0.39, 0.29) is 23.5 Å². The highest BCUT2D eigenvalue weighted by Crippen LogP contribution is 2.38. The number of benzene rings is 1. The number of H-pyrrole nitrogens is 1. The second-order valence-corrected chi connectivity index (χ2v) is 6.74. The van der Waals surface area contributed by atoms with E-state index < -0.39 is 17.5 Å². The van der Waals surface area contributed by atoms with Gasteiger partial charge in [-0.1, -0.05) is 6.92 Å². The summed E-state index contributed by atoms with van der Waals surface area (Å²) >= 11 is 0. The van der Waals surface area contributed by atoms with Gasteiger partial charge in [0.15, 0.2) is 0 Å². The van der Waals surface area contributed by atoms with E-state index in [1.807, 2.05) is 6.92 Å². The Morgan fingerprint density at radius 2 is 2.15 bits per heavy atom. The Balaban J connectivity index is 1.93. The van der Waals surface area contributed by atoms with E-state index in [4.69, 9.17) is 4.42 Å². The zero-order chi connectivity index (χ0) is 18.9. The molecule has 3 rings (SSSR count). The summed E-state index contributed by atoms with van der Waals surface area (Å²) in [4.78, 5) is 11.1. The fourth-order valence-corrected chi connectivity index (χ4v) is 3.53. The number of nitrogens with one attached hydrogen (secondary N) is 3. The summed E-state index contributed by atoms with van der Waals surface area (Å²) in [5, 5.41) is 12.1. The predicted octanol–water partition coefficient (Wildman–Crippen LogP) is 3.09. The third-order valence-electron chi connectivity index (χ3n) is 4.89. The van der Waals surface area contributed by atoms with E-state index in [9.17, 15) is 18.0 Å². The molecule has 3 N–H and O–H groups in total. The lowest BCUT2D eigenvalue weighted by Gasteiger charge is -2.35. The zero-order valence-electron chi connectivity index (χ0n) is 14.5. The van der Waals surface area contributed by atoms with E-state index in [1.54, 1.807) is 0 Å². The molecular weight excluding hydrogens is 349 g/mol. The van der Waals surface area contributed by atoms with Crippen LogP contribution in [0.15, 0.2) is 27.4 Å². The van der Waals surface area contributed by atoms with Crippen molar-refractivity contribution in [1.82, 2.24) is 15.5 Å². The van der Waals surface area contributed by atoms with Crippen molar-refractivity contribution in [3.63, 3.8) is 0 Å². The summed E-state index contributed by atoms with van der Waals surface area (Å²) in [6.45, 7) is 5.69. The van der Waals surface area contributed by atoms with Crippen molar-refractivity contribution in [3.8, 4) is 11.5 Å². The molecule has 1 aliphatic rings. The van der Waals surface area contributed by atoms with Gasteiger partial charge in [-0.3, -0.25) is 0 Å². The van der Waals surface area contributed by atoms with Crippen LogP contribution in [0.2, 0.25) is 0 Å². The monoisotopic (exact) mass is 370 g/mol. The van der Waals surface area contributed by atoms with Crippen LogP contribution in [0.25, 0.3) is 11.5 Å². The second kappa shape index (κ2) is 7.14. The molecule has 1 saturated heterocycles. The number of aromatic amines is 1. The molecule has 1 fully saturated rings. The minimum atomic E-state index is -4.49. The second-order valence-electron chi connectivity index (χ2n) is 6.74. The summed E-state index contributed by atoms with van der Waals surface area (Å²) in [6, 6.07) is 3.40. The molecule has 0 aliphatic carbocycles. The summed E-state index contributed by atoms with van der Waals surface area (Å²) in [6.07, 6.45) is -3.60. The fraction of sp³-hybridized carbons (Fsp3) is 0.529. The molecule has 1 aromatic heterocycles. The molecule has 2 heterocycles. The SMILES string of the molecule is C[C@@H]1CNCC[C@@H]1[C@H](C)Nc1cc(-c2n[nH]c(=O)o2)ccc1C(F)(F)F. The molecule has 142 valence electrons. The normalized spacial score (nSPS) is 22.2. The third-order valence-corrected chi connectivity index (χ3v) is 4.89. The number of piperidine rings is 1. The Labute approximate surface area is 148 Å². The van der Waals surface area contributed by atoms with E-state index in [2.05, 4.69) is 27.8 Å². The van der Waals surface area contributed by atoms with E-state index in [0.29, 0.717) is 11.5 Å². The Bertz CT molecular complexity index is 815. The largest absolute Gasteiger partial charge is 0.434 e. The van der Waals surface area contributed by atoms with Crippen LogP contribution in [0.3, 0.4) is 0 Å². The number of rotatable bonds is 4. The molecule has 0 unspecified atom stereocenters. The maximum Gasteiger partial charge on any atom is 0.434 e. The van der Waals surface area contributed by atoms with Crippen molar-refractivity contribution >= 4 is 5.69 Å². The van der Waals surface area contributed by atoms with Crippen LogP contribution in [-0.2, 0) is 6.18 Å². The summed E-state index contributed by atoms with van der Waals surface area (Å²) in [5.74, 6) is -0.196. The summed E-state index contributed by atoms with van der Waals surface area (Å²) in [5.41, 5.74) is -0.504. The van der Waals surface area contributed by atoms with E-state index in [0.717, 1.165) is 25.6 Å². The van der Waals surface area contributed by atoms with Gasteiger partial charge in [0.25, 0.3) is 0 Å². The maximum absolute atomic E-state index is 13.4. The van der Waals surface area contributed by atoms with Crippen LogP contribution in [0, 0.1) is 11.8 Å². The number of aromatic nitrogens is 2. The van der Waals surface area contributed by atoms with Gasteiger partial charge in [0.2, 0.25) is 5.89 Å². The standard InChI is InChI=1S/C17H21F3N4O2/c1-9-8-21-6-5-12(9)10(2)22-14-7-11(15-23-24-16(25)26-15)3-4-13(14)17(18,19)20/h3-4,7,9-10,12,21-22H,5-6,8H2,1-2H3,(H,24,25)/t9-,10+,12+/m1/s1. The fourth-order valence-electron chi connectivity index (χ4n) is 3.53. The molecule has 1 aromatic carbocycles. The van der Waals surface area contributed by atoms with E-state index >= 15 is 0 Å². The van der Waals surface area contributed by atoms with Crippen molar-refractivity contribution in [2.75, 3.05) is 18.4 Å². The van der Waals surface area contributed by atoms with Crippen molar-refractivity contribution in [1.29, 1.82) is 0 Å². The van der Waals surface area contributed by atoms with Gasteiger partial charge in [0.1, 0.15) is 0 Å². The van der Waals surface area contributed by atoms with Gasteiger partial charge >= 0.3 is 11.9 Å². The molecule has 0 spiro atoms. The Morgan fingerprint density at radius 1 is 1.38 bits per heavy atom. The highest BCUT2D eigenvalue weighted by molar-refractivity contribution is 5.65. The smallest absolute Gasteiger partial charge is 0.388 e. The highest BCUT2D eigenvalue weighted by Gasteiger charge is 2.35. The first kappa shape index (κ1) is 18.5. The molecular formula is C17H21F3N4O2. The lowest BCUT2D eigenvalue weighted by Crippen LogP contribution is -2.42. The predicted molar refractivity (Wildman–Crippen MR) is 90.8 cm³/mol. The minimum Gasteiger partial charge on any atom is -0.388 e. The Kier molecular flexibility index (Phi) is 5.08. The lowest BCUT2D eigenvalue weighted by molar-refractivity contribution is -0.137. The third kappa shape index (κ3) is 3.92. The van der Waals surface area contributed by atoms with Crippen LogP contribution < -0.4 is 16.4 Å². The van der Waals surface area contributed by atoms with Gasteiger partial charge in [-0.15, -0.1) is 5.10 Å². The van der Waals surface area contributed by atoms with Crippen molar-refractivity contribution in [2.45, 2.75) is 32.5 Å². The van der Waals surface area contributed by atoms with Crippen molar-refractivity contribution in [2.24, 2.45) is 11.8 Å². The maximum atomic E-state index is 13.4. The first-order valence-electron chi connectivity index (χ1n) is 8.50. The average Bonchev–Trinajstić information content (AvgIpc) is 3.00. The van der Waals surface area contributed by atoms with Gasteiger partial charge in [-0.05, 0) is 56.5 Å². The number of anilines is 1. The van der Waals surface area contributed by atoms with Crippen LogP contribution in [0.4, 0.5) is 18.9 Å². The summed E-state index contributed by atoms with van der Waals surface area (Å²) in [7, 11) is 0. The minimum absolute atomic E-state index is 0.0427. The molecule has 26 heavy (non-hydrogen) atoms. The first-order chi connectivity index (χ1) is 12.3. The van der Waals surface area contributed by atoms with Crippen molar-refractivity contribution < 1.29 is 17.6 Å². The quantitative estimate of drug-likeness (QED) is 0.770. The van der Waals surface area contributed by atoms with Crippen LogP contribution >= 0.6 is 0 Å². The topological polar surface area (TPSA) is 83.0 Å². The number of nitrogens with zero attached hydrogens (tertiary/aromatic N) is 1. The summed E-state index contributed by atoms with van der Waals surface area (Å²) < 4.78 is 45.1. The number of hydrogen-bond acceptors (Lipinski definition) is 5. The van der Waals surface area contributed by atoms with Crippen LogP contribution in [0.1, 0.15) is 25.8 Å². The molecule has 0 saturated carbocycles. The van der Waals surface area contributed by atoms with Gasteiger partial charge in [0.05, 0.1) is 5.56 Å². The van der Waals surface area contributed by atoms with E-state index in [1.165, 1.54) is 12.1 Å². The molecule has 0 bridgehead atoms. The average molecular weight is 370 g/mol. The highest BCUT2D eigenvalue weighted by atomic mass is 19.4. The molecule has 6 nitrogen and oxygen atoms in total.